The summed E-state index contributed by atoms with van der Waals surface area (Å²) in [4.78, 5) is 11.8. The number of nitrogens with one attached hydrogen (secondary N) is 1. The molecule has 1 N–H and O–H groups in total. The van der Waals surface area contributed by atoms with Crippen molar-refractivity contribution < 1.29 is 9.18 Å². The topological polar surface area (TPSA) is 29.1 Å². The van der Waals surface area contributed by atoms with Crippen LogP contribution in [-0.2, 0) is 11.2 Å². The van der Waals surface area contributed by atoms with Gasteiger partial charge in [0.25, 0.3) is 0 Å². The van der Waals surface area contributed by atoms with Crippen molar-refractivity contribution in [1.82, 2.24) is 5.32 Å². The van der Waals surface area contributed by atoms with Crippen molar-refractivity contribution in [3.8, 4) is 0 Å². The smallest absolute Gasteiger partial charge is 0.137 e. The summed E-state index contributed by atoms with van der Waals surface area (Å²) in [5, 5.41) is 3.28. The van der Waals surface area contributed by atoms with Crippen LogP contribution in [0, 0.1) is 11.7 Å². The van der Waals surface area contributed by atoms with Gasteiger partial charge in [0.05, 0.1) is 0 Å². The quantitative estimate of drug-likeness (QED) is 0.905. The number of rotatable bonds is 5. The van der Waals surface area contributed by atoms with E-state index in [1.165, 1.54) is 6.07 Å². The Morgan fingerprint density at radius 1 is 1.50 bits per heavy atom. The van der Waals surface area contributed by atoms with Crippen LogP contribution in [-0.4, -0.2) is 18.9 Å². The van der Waals surface area contributed by atoms with Gasteiger partial charge in [0.2, 0.25) is 0 Å². The molecule has 1 heterocycles. The summed E-state index contributed by atoms with van der Waals surface area (Å²) < 4.78 is 14.3. The highest BCUT2D eigenvalue weighted by Gasteiger charge is 2.16. The minimum absolute atomic E-state index is 0.124. The second-order valence-corrected chi connectivity index (χ2v) is 5.76. The van der Waals surface area contributed by atoms with E-state index in [1.807, 2.05) is 0 Å². The highest BCUT2D eigenvalue weighted by Crippen LogP contribution is 2.19. The van der Waals surface area contributed by atoms with Crippen molar-refractivity contribution in [1.29, 1.82) is 0 Å². The zero-order chi connectivity index (χ0) is 13.0. The van der Waals surface area contributed by atoms with Crippen LogP contribution in [0.4, 0.5) is 4.39 Å². The largest absolute Gasteiger partial charge is 0.316 e. The lowest BCUT2D eigenvalue weighted by molar-refractivity contribution is -0.118. The van der Waals surface area contributed by atoms with E-state index < -0.39 is 0 Å². The van der Waals surface area contributed by atoms with Crippen molar-refractivity contribution in [3.63, 3.8) is 0 Å². The molecule has 1 aromatic rings. The van der Waals surface area contributed by atoms with Crippen molar-refractivity contribution in [2.24, 2.45) is 5.92 Å². The second-order valence-electron chi connectivity index (χ2n) is 4.85. The lowest BCUT2D eigenvalue weighted by Crippen LogP contribution is -2.11. The molecule has 0 aromatic heterocycles. The SMILES string of the molecule is O=C(CCC1CCNC1)Cc1cc(Br)ccc1F. The first-order valence-corrected chi connectivity index (χ1v) is 7.11. The first-order chi connectivity index (χ1) is 8.65. The third-order valence-corrected chi connectivity index (χ3v) is 3.88. The fraction of sp³-hybridized carbons (Fsp3) is 0.500. The maximum atomic E-state index is 13.5. The van der Waals surface area contributed by atoms with Gasteiger partial charge in [-0.3, -0.25) is 4.79 Å². The van der Waals surface area contributed by atoms with Gasteiger partial charge >= 0.3 is 0 Å². The van der Waals surface area contributed by atoms with Crippen LogP contribution in [0.3, 0.4) is 0 Å². The molecule has 0 saturated carbocycles. The van der Waals surface area contributed by atoms with E-state index in [1.54, 1.807) is 12.1 Å². The molecule has 0 radical (unpaired) electrons. The molecule has 0 amide bonds. The highest BCUT2D eigenvalue weighted by molar-refractivity contribution is 9.10. The van der Waals surface area contributed by atoms with Crippen LogP contribution in [0.25, 0.3) is 0 Å². The first-order valence-electron chi connectivity index (χ1n) is 6.31. The summed E-state index contributed by atoms with van der Waals surface area (Å²) in [5.41, 5.74) is 0.485. The summed E-state index contributed by atoms with van der Waals surface area (Å²) in [5.74, 6) is 0.439. The van der Waals surface area contributed by atoms with Gasteiger partial charge < -0.3 is 5.32 Å². The average Bonchev–Trinajstić information content (AvgIpc) is 2.84. The van der Waals surface area contributed by atoms with Gasteiger partial charge in [0.15, 0.2) is 0 Å². The predicted octanol–water partition coefficient (Wildman–Crippen LogP) is 3.09. The number of hydrogen-bond donors (Lipinski definition) is 1. The summed E-state index contributed by atoms with van der Waals surface area (Å²) in [6.45, 7) is 2.07. The summed E-state index contributed by atoms with van der Waals surface area (Å²) in [6.07, 6.45) is 2.82. The number of carbonyl (C=O) groups is 1. The lowest BCUT2D eigenvalue weighted by Gasteiger charge is -2.07. The molecule has 0 aliphatic carbocycles. The molecule has 1 aliphatic heterocycles. The number of halogens is 2. The summed E-state index contributed by atoms with van der Waals surface area (Å²) in [7, 11) is 0. The maximum Gasteiger partial charge on any atom is 0.137 e. The molecular weight excluding hydrogens is 297 g/mol. The Balaban J connectivity index is 1.84. The zero-order valence-corrected chi connectivity index (χ0v) is 11.8. The van der Waals surface area contributed by atoms with Crippen molar-refractivity contribution in [2.45, 2.75) is 25.7 Å². The molecular formula is C14H17BrFNO. The zero-order valence-electron chi connectivity index (χ0n) is 10.2. The van der Waals surface area contributed by atoms with Crippen molar-refractivity contribution in [2.75, 3.05) is 13.1 Å². The monoisotopic (exact) mass is 313 g/mol. The number of ketones is 1. The molecule has 18 heavy (non-hydrogen) atoms. The number of Topliss-reactive ketones (excluding diaryl/α,β-unsaturated/α-hetero) is 1. The Morgan fingerprint density at radius 2 is 2.33 bits per heavy atom. The van der Waals surface area contributed by atoms with E-state index in [4.69, 9.17) is 0 Å². The minimum atomic E-state index is -0.297. The Bertz CT molecular complexity index is 430. The van der Waals surface area contributed by atoms with E-state index in [0.29, 0.717) is 17.9 Å². The van der Waals surface area contributed by atoms with E-state index in [0.717, 1.165) is 30.4 Å². The van der Waals surface area contributed by atoms with Gasteiger partial charge in [-0.1, -0.05) is 15.9 Å². The predicted molar refractivity (Wildman–Crippen MR) is 73.0 cm³/mol. The molecule has 1 saturated heterocycles. The fourth-order valence-electron chi connectivity index (χ4n) is 2.31. The Morgan fingerprint density at radius 3 is 3.06 bits per heavy atom. The van der Waals surface area contributed by atoms with E-state index in [-0.39, 0.29) is 18.0 Å². The van der Waals surface area contributed by atoms with E-state index in [9.17, 15) is 9.18 Å². The summed E-state index contributed by atoms with van der Waals surface area (Å²) >= 11 is 3.29. The highest BCUT2D eigenvalue weighted by atomic mass is 79.9. The Labute approximate surface area is 115 Å². The Kier molecular flexibility index (Phi) is 4.89. The summed E-state index contributed by atoms with van der Waals surface area (Å²) in [6, 6.07) is 4.73. The number of benzene rings is 1. The van der Waals surface area contributed by atoms with Gasteiger partial charge in [-0.25, -0.2) is 4.39 Å². The van der Waals surface area contributed by atoms with Gasteiger partial charge in [0, 0.05) is 17.3 Å². The van der Waals surface area contributed by atoms with Crippen LogP contribution >= 0.6 is 15.9 Å². The molecule has 1 atom stereocenters. The van der Waals surface area contributed by atoms with Crippen LogP contribution in [0.5, 0.6) is 0 Å². The van der Waals surface area contributed by atoms with Gasteiger partial charge in [-0.15, -0.1) is 0 Å². The van der Waals surface area contributed by atoms with Crippen LogP contribution < -0.4 is 5.32 Å². The van der Waals surface area contributed by atoms with Crippen LogP contribution in [0.15, 0.2) is 22.7 Å². The van der Waals surface area contributed by atoms with E-state index >= 15 is 0 Å². The van der Waals surface area contributed by atoms with Crippen LogP contribution in [0.2, 0.25) is 0 Å². The molecule has 0 bridgehead atoms. The molecule has 1 aliphatic rings. The van der Waals surface area contributed by atoms with Crippen LogP contribution in [0.1, 0.15) is 24.8 Å². The number of carbonyl (C=O) groups excluding carboxylic acids is 1. The maximum absolute atomic E-state index is 13.5. The third kappa shape index (κ3) is 3.89. The molecule has 1 unspecified atom stereocenters. The van der Waals surface area contributed by atoms with Gasteiger partial charge in [-0.05, 0) is 55.6 Å². The molecule has 98 valence electrons. The molecule has 4 heteroatoms. The van der Waals surface area contributed by atoms with Crippen molar-refractivity contribution >= 4 is 21.7 Å². The Hall–Kier alpha value is -0.740. The van der Waals surface area contributed by atoms with Gasteiger partial charge in [-0.2, -0.15) is 0 Å². The van der Waals surface area contributed by atoms with Gasteiger partial charge in [0.1, 0.15) is 11.6 Å². The molecule has 2 nitrogen and oxygen atoms in total. The second kappa shape index (κ2) is 6.43. The average molecular weight is 314 g/mol. The number of hydrogen-bond acceptors (Lipinski definition) is 2. The molecule has 1 aromatic carbocycles. The molecule has 0 spiro atoms. The normalized spacial score (nSPS) is 19.1. The molecule has 1 fully saturated rings. The third-order valence-electron chi connectivity index (χ3n) is 3.39. The fourth-order valence-corrected chi connectivity index (χ4v) is 2.71. The first kappa shape index (κ1) is 13.7. The van der Waals surface area contributed by atoms with E-state index in [2.05, 4.69) is 21.2 Å². The minimum Gasteiger partial charge on any atom is -0.316 e. The standard InChI is InChI=1S/C14H17BrFNO/c15-12-2-4-14(16)11(7-12)8-13(18)3-1-10-5-6-17-9-10/h2,4,7,10,17H,1,3,5-6,8-9H2. The molecule has 2 rings (SSSR count). The lowest BCUT2D eigenvalue weighted by atomic mass is 9.98. The van der Waals surface area contributed by atoms with Crippen molar-refractivity contribution in [3.05, 3.63) is 34.1 Å².